The minimum atomic E-state index is -0.379. The van der Waals surface area contributed by atoms with Crippen molar-refractivity contribution in [2.45, 2.75) is 6.92 Å². The van der Waals surface area contributed by atoms with E-state index >= 15 is 0 Å². The molecule has 17 heavy (non-hydrogen) atoms. The van der Waals surface area contributed by atoms with Crippen molar-refractivity contribution in [2.24, 2.45) is 0 Å². The molecule has 0 aliphatic rings. The molecule has 0 aliphatic heterocycles. The number of benzene rings is 1. The number of hydrogen-bond acceptors (Lipinski definition) is 4. The highest BCUT2D eigenvalue weighted by atomic mass is 16.2. The standard InChI is InChI=1S/C11H16N4O2/c1-2-14-10(16)6-15-11(17)7-3-8(12)5-9(13)4-7/h3-5H,2,6,12-13H2,1H3,(H,14,16)(H,15,17). The van der Waals surface area contributed by atoms with Crippen LogP contribution in [0.3, 0.4) is 0 Å². The van der Waals surface area contributed by atoms with Crippen molar-refractivity contribution in [1.29, 1.82) is 0 Å². The van der Waals surface area contributed by atoms with E-state index in [4.69, 9.17) is 11.5 Å². The molecule has 0 fully saturated rings. The fraction of sp³-hybridized carbons (Fsp3) is 0.273. The van der Waals surface area contributed by atoms with Crippen LogP contribution in [0, 0.1) is 0 Å². The summed E-state index contributed by atoms with van der Waals surface area (Å²) in [6.45, 7) is 2.26. The second-order valence-corrected chi connectivity index (χ2v) is 3.52. The van der Waals surface area contributed by atoms with Gasteiger partial charge in [-0.2, -0.15) is 0 Å². The first kappa shape index (κ1) is 12.8. The van der Waals surface area contributed by atoms with Gasteiger partial charge in [0.05, 0.1) is 6.54 Å². The van der Waals surface area contributed by atoms with Crippen LogP contribution in [0.2, 0.25) is 0 Å². The first-order valence-corrected chi connectivity index (χ1v) is 5.24. The molecule has 6 heteroatoms. The summed E-state index contributed by atoms with van der Waals surface area (Å²) in [5.41, 5.74) is 12.3. The molecule has 0 bridgehead atoms. The number of rotatable bonds is 4. The molecule has 6 nitrogen and oxygen atoms in total. The van der Waals surface area contributed by atoms with Gasteiger partial charge in [0, 0.05) is 23.5 Å². The Morgan fingerprint density at radius 1 is 1.12 bits per heavy atom. The maximum atomic E-state index is 11.7. The van der Waals surface area contributed by atoms with Crippen molar-refractivity contribution >= 4 is 23.2 Å². The number of nitrogens with two attached hydrogens (primary N) is 2. The number of carbonyl (C=O) groups excluding carboxylic acids is 2. The fourth-order valence-electron chi connectivity index (χ4n) is 1.33. The van der Waals surface area contributed by atoms with Crippen LogP contribution in [0.4, 0.5) is 11.4 Å². The molecular weight excluding hydrogens is 220 g/mol. The average Bonchev–Trinajstić information content (AvgIpc) is 2.25. The van der Waals surface area contributed by atoms with Crippen LogP contribution in [0.25, 0.3) is 0 Å². The fourth-order valence-corrected chi connectivity index (χ4v) is 1.33. The number of hydrogen-bond donors (Lipinski definition) is 4. The van der Waals surface area contributed by atoms with Crippen LogP contribution < -0.4 is 22.1 Å². The van der Waals surface area contributed by atoms with Crippen LogP contribution in [0.1, 0.15) is 17.3 Å². The summed E-state index contributed by atoms with van der Waals surface area (Å²) in [5.74, 6) is -0.618. The molecule has 6 N–H and O–H groups in total. The van der Waals surface area contributed by atoms with Crippen molar-refractivity contribution in [1.82, 2.24) is 10.6 Å². The van der Waals surface area contributed by atoms with Gasteiger partial charge in [-0.05, 0) is 25.1 Å². The van der Waals surface area contributed by atoms with Crippen LogP contribution in [-0.2, 0) is 4.79 Å². The molecular formula is C11H16N4O2. The molecule has 2 amide bonds. The van der Waals surface area contributed by atoms with E-state index in [2.05, 4.69) is 10.6 Å². The summed E-state index contributed by atoms with van der Waals surface area (Å²) in [6, 6.07) is 4.56. The highest BCUT2D eigenvalue weighted by Gasteiger charge is 2.08. The van der Waals surface area contributed by atoms with E-state index in [-0.39, 0.29) is 18.4 Å². The van der Waals surface area contributed by atoms with Crippen molar-refractivity contribution in [3.05, 3.63) is 23.8 Å². The topological polar surface area (TPSA) is 110 Å². The second-order valence-electron chi connectivity index (χ2n) is 3.52. The van der Waals surface area contributed by atoms with Crippen molar-refractivity contribution < 1.29 is 9.59 Å². The summed E-state index contributed by atoms with van der Waals surface area (Å²) in [7, 11) is 0. The summed E-state index contributed by atoms with van der Waals surface area (Å²) in [6.07, 6.45) is 0. The molecule has 0 radical (unpaired) electrons. The lowest BCUT2D eigenvalue weighted by atomic mass is 10.1. The third-order valence-corrected chi connectivity index (χ3v) is 2.02. The molecule has 0 heterocycles. The Morgan fingerprint density at radius 2 is 1.71 bits per heavy atom. The Labute approximate surface area is 99.4 Å². The third kappa shape index (κ3) is 4.02. The molecule has 1 aromatic carbocycles. The summed E-state index contributed by atoms with van der Waals surface area (Å²) >= 11 is 0. The number of carbonyl (C=O) groups is 2. The molecule has 0 aliphatic carbocycles. The first-order valence-electron chi connectivity index (χ1n) is 5.24. The van der Waals surface area contributed by atoms with Crippen molar-refractivity contribution in [3.8, 4) is 0 Å². The molecule has 0 aromatic heterocycles. The largest absolute Gasteiger partial charge is 0.399 e. The van der Waals surface area contributed by atoms with Crippen LogP contribution in [-0.4, -0.2) is 24.9 Å². The van der Waals surface area contributed by atoms with E-state index in [1.165, 1.54) is 12.1 Å². The summed E-state index contributed by atoms with van der Waals surface area (Å²) in [5, 5.41) is 5.05. The summed E-state index contributed by atoms with van der Waals surface area (Å²) in [4.78, 5) is 22.8. The molecule has 92 valence electrons. The zero-order chi connectivity index (χ0) is 12.8. The Balaban J connectivity index is 2.61. The molecule has 0 spiro atoms. The number of likely N-dealkylation sites (N-methyl/N-ethyl adjacent to an activating group) is 1. The van der Waals surface area contributed by atoms with E-state index in [0.717, 1.165) is 0 Å². The molecule has 0 atom stereocenters. The Hall–Kier alpha value is -2.24. The highest BCUT2D eigenvalue weighted by Crippen LogP contribution is 2.13. The van der Waals surface area contributed by atoms with Crippen molar-refractivity contribution in [3.63, 3.8) is 0 Å². The van der Waals surface area contributed by atoms with E-state index in [9.17, 15) is 9.59 Å². The number of amides is 2. The lowest BCUT2D eigenvalue weighted by Crippen LogP contribution is -2.36. The van der Waals surface area contributed by atoms with E-state index in [0.29, 0.717) is 23.5 Å². The van der Waals surface area contributed by atoms with Crippen LogP contribution >= 0.6 is 0 Å². The smallest absolute Gasteiger partial charge is 0.251 e. The van der Waals surface area contributed by atoms with Gasteiger partial charge >= 0.3 is 0 Å². The van der Waals surface area contributed by atoms with Crippen molar-refractivity contribution in [2.75, 3.05) is 24.6 Å². The maximum Gasteiger partial charge on any atom is 0.251 e. The van der Waals surface area contributed by atoms with Gasteiger partial charge in [-0.3, -0.25) is 9.59 Å². The minimum absolute atomic E-state index is 0.0681. The zero-order valence-corrected chi connectivity index (χ0v) is 9.62. The first-order chi connectivity index (χ1) is 8.02. The normalized spacial score (nSPS) is 9.71. The molecule has 0 unspecified atom stereocenters. The molecule has 0 saturated heterocycles. The quantitative estimate of drug-likeness (QED) is 0.539. The van der Waals surface area contributed by atoms with Gasteiger partial charge in [0.1, 0.15) is 0 Å². The van der Waals surface area contributed by atoms with Gasteiger partial charge in [0.2, 0.25) is 5.91 Å². The van der Waals surface area contributed by atoms with E-state index in [1.54, 1.807) is 13.0 Å². The Morgan fingerprint density at radius 3 is 2.24 bits per heavy atom. The van der Waals surface area contributed by atoms with Crippen LogP contribution in [0.15, 0.2) is 18.2 Å². The average molecular weight is 236 g/mol. The monoisotopic (exact) mass is 236 g/mol. The van der Waals surface area contributed by atoms with Gasteiger partial charge in [-0.15, -0.1) is 0 Å². The lowest BCUT2D eigenvalue weighted by Gasteiger charge is -2.06. The highest BCUT2D eigenvalue weighted by molar-refractivity contribution is 5.98. The Bertz CT molecular complexity index is 411. The van der Waals surface area contributed by atoms with Gasteiger partial charge in [0.25, 0.3) is 5.91 Å². The molecule has 0 saturated carbocycles. The predicted octanol–water partition coefficient (Wildman–Crippen LogP) is -0.283. The lowest BCUT2D eigenvalue weighted by molar-refractivity contribution is -0.120. The van der Waals surface area contributed by atoms with Gasteiger partial charge < -0.3 is 22.1 Å². The summed E-state index contributed by atoms with van der Waals surface area (Å²) < 4.78 is 0. The second kappa shape index (κ2) is 5.74. The Kier molecular flexibility index (Phi) is 4.33. The maximum absolute atomic E-state index is 11.7. The minimum Gasteiger partial charge on any atom is -0.399 e. The van der Waals surface area contributed by atoms with Gasteiger partial charge in [0.15, 0.2) is 0 Å². The third-order valence-electron chi connectivity index (χ3n) is 2.02. The number of nitrogens with one attached hydrogen (secondary N) is 2. The van der Waals surface area contributed by atoms with Crippen LogP contribution in [0.5, 0.6) is 0 Å². The number of anilines is 2. The van der Waals surface area contributed by atoms with E-state index < -0.39 is 0 Å². The molecule has 1 aromatic rings. The molecule has 1 rings (SSSR count). The van der Waals surface area contributed by atoms with Gasteiger partial charge in [-0.25, -0.2) is 0 Å². The number of nitrogen functional groups attached to an aromatic ring is 2. The zero-order valence-electron chi connectivity index (χ0n) is 9.62. The van der Waals surface area contributed by atoms with E-state index in [1.807, 2.05) is 0 Å². The van der Waals surface area contributed by atoms with Gasteiger partial charge in [-0.1, -0.05) is 0 Å². The predicted molar refractivity (Wildman–Crippen MR) is 66.3 cm³/mol. The SMILES string of the molecule is CCNC(=O)CNC(=O)c1cc(N)cc(N)c1.